The van der Waals surface area contributed by atoms with E-state index in [1.54, 1.807) is 6.07 Å². The Morgan fingerprint density at radius 3 is 2.09 bits per heavy atom. The number of amides is 1. The highest BCUT2D eigenvalue weighted by molar-refractivity contribution is 6.40. The van der Waals surface area contributed by atoms with Crippen LogP contribution in [-0.2, 0) is 22.6 Å². The van der Waals surface area contributed by atoms with Crippen LogP contribution in [0.15, 0.2) is 83.8 Å². The number of carbonyl (C=O) groups is 3. The number of hydrogen-bond acceptors (Lipinski definition) is 6. The highest BCUT2D eigenvalue weighted by Gasteiger charge is 2.29. The van der Waals surface area contributed by atoms with Gasteiger partial charge in [-0.15, -0.1) is 0 Å². The number of hydrogen-bond donors (Lipinski definition) is 0. The fourth-order valence-corrected chi connectivity index (χ4v) is 5.49. The Bertz CT molecular complexity index is 1810. The molecule has 1 aromatic heterocycles. The maximum Gasteiger partial charge on any atom is 0.290 e. The van der Waals surface area contributed by atoms with Crippen molar-refractivity contribution < 1.29 is 27.6 Å². The number of pyridine rings is 1. The molecule has 0 radical (unpaired) electrons. The topological polar surface area (TPSA) is 82.9 Å². The van der Waals surface area contributed by atoms with Gasteiger partial charge in [0.2, 0.25) is 5.78 Å². The van der Waals surface area contributed by atoms with Crippen molar-refractivity contribution in [2.75, 3.05) is 50.1 Å². The molecule has 5 rings (SSSR count). The second-order valence-electron chi connectivity index (χ2n) is 11.5. The fraction of sp³-hybridized carbons (Fsp3) is 0.257. The molecule has 0 saturated carbocycles. The molecule has 0 N–H and O–H groups in total. The molecule has 0 spiro atoms. The molecule has 3 aromatic carbocycles. The lowest BCUT2D eigenvalue weighted by atomic mass is 10.0. The summed E-state index contributed by atoms with van der Waals surface area (Å²) in [5, 5.41) is 0. The van der Waals surface area contributed by atoms with E-state index < -0.39 is 46.9 Å². The zero-order valence-electron chi connectivity index (χ0n) is 25.5. The van der Waals surface area contributed by atoms with Crippen molar-refractivity contribution in [3.63, 3.8) is 0 Å². The molecular weight excluding hydrogens is 597 g/mol. The molecule has 1 aliphatic heterocycles. The van der Waals surface area contributed by atoms with Gasteiger partial charge in [-0.2, -0.15) is 0 Å². The van der Waals surface area contributed by atoms with E-state index in [4.69, 9.17) is 0 Å². The molecule has 2 heterocycles. The summed E-state index contributed by atoms with van der Waals surface area (Å²) >= 11 is 0. The zero-order valence-corrected chi connectivity index (χ0v) is 25.5. The van der Waals surface area contributed by atoms with E-state index in [1.165, 1.54) is 35.4 Å². The summed E-state index contributed by atoms with van der Waals surface area (Å²) in [4.78, 5) is 58.3. The summed E-state index contributed by atoms with van der Waals surface area (Å²) in [7, 11) is 3.91. The molecule has 1 amide bonds. The Labute approximate surface area is 264 Å². The smallest absolute Gasteiger partial charge is 0.290 e. The zero-order chi connectivity index (χ0) is 33.0. The normalized spacial score (nSPS) is 13.1. The second kappa shape index (κ2) is 13.8. The van der Waals surface area contributed by atoms with Gasteiger partial charge in [0.15, 0.2) is 5.78 Å². The molecule has 8 nitrogen and oxygen atoms in total. The number of anilines is 2. The van der Waals surface area contributed by atoms with Gasteiger partial charge < -0.3 is 19.3 Å². The predicted molar refractivity (Wildman–Crippen MR) is 169 cm³/mol. The van der Waals surface area contributed by atoms with Gasteiger partial charge in [0.25, 0.3) is 11.5 Å². The molecule has 1 fully saturated rings. The Morgan fingerprint density at radius 2 is 1.46 bits per heavy atom. The number of ketones is 2. The molecule has 11 heteroatoms. The van der Waals surface area contributed by atoms with E-state index in [9.17, 15) is 32.3 Å². The van der Waals surface area contributed by atoms with Crippen LogP contribution in [-0.4, -0.2) is 67.2 Å². The van der Waals surface area contributed by atoms with Crippen molar-refractivity contribution in [3.8, 4) is 0 Å². The van der Waals surface area contributed by atoms with Crippen LogP contribution in [0.2, 0.25) is 0 Å². The summed E-state index contributed by atoms with van der Waals surface area (Å²) in [6.45, 7) is 1.33. The Kier molecular flexibility index (Phi) is 9.69. The van der Waals surface area contributed by atoms with E-state index in [0.29, 0.717) is 18.7 Å². The first-order chi connectivity index (χ1) is 22.0. The van der Waals surface area contributed by atoms with Crippen molar-refractivity contribution in [1.29, 1.82) is 0 Å². The van der Waals surface area contributed by atoms with Crippen LogP contribution < -0.4 is 15.4 Å². The number of nitrogens with zero attached hydrogens (tertiary/aromatic N) is 4. The monoisotopic (exact) mass is 630 g/mol. The van der Waals surface area contributed by atoms with Gasteiger partial charge in [-0.3, -0.25) is 19.2 Å². The summed E-state index contributed by atoms with van der Waals surface area (Å²) in [6, 6.07) is 18.0. The van der Waals surface area contributed by atoms with Gasteiger partial charge in [0.05, 0.1) is 18.5 Å². The van der Waals surface area contributed by atoms with Crippen molar-refractivity contribution in [3.05, 3.63) is 129 Å². The number of rotatable bonds is 10. The highest BCUT2D eigenvalue weighted by Crippen LogP contribution is 2.21. The van der Waals surface area contributed by atoms with E-state index in [0.717, 1.165) is 34.1 Å². The van der Waals surface area contributed by atoms with Crippen LogP contribution in [0.5, 0.6) is 0 Å². The Balaban J connectivity index is 1.32. The SMILES string of the molecule is CN(C)c1ccc(N2CCN(C(=O)C(=O)CC(=O)c3cc(Cc4cc(F)cc(F)c4)cn(Cc4ccccc4F)c3=O)CC2)cc1. The average molecular weight is 631 g/mol. The lowest BCUT2D eigenvalue weighted by molar-refractivity contribution is -0.144. The summed E-state index contributed by atoms with van der Waals surface area (Å²) in [6.07, 6.45) is 0.494. The Morgan fingerprint density at radius 1 is 0.804 bits per heavy atom. The van der Waals surface area contributed by atoms with E-state index in [1.807, 2.05) is 43.3 Å². The third kappa shape index (κ3) is 7.53. The largest absolute Gasteiger partial charge is 0.378 e. The summed E-state index contributed by atoms with van der Waals surface area (Å²) in [5.74, 6) is -4.79. The first kappa shape index (κ1) is 32.2. The minimum Gasteiger partial charge on any atom is -0.378 e. The highest BCUT2D eigenvalue weighted by atomic mass is 19.1. The minimum atomic E-state index is -0.952. The molecule has 46 heavy (non-hydrogen) atoms. The van der Waals surface area contributed by atoms with Gasteiger partial charge in [-0.1, -0.05) is 18.2 Å². The van der Waals surface area contributed by atoms with Crippen molar-refractivity contribution in [2.45, 2.75) is 19.4 Å². The van der Waals surface area contributed by atoms with Gasteiger partial charge in [-0.25, -0.2) is 13.2 Å². The van der Waals surface area contributed by atoms with Crippen molar-refractivity contribution in [1.82, 2.24) is 9.47 Å². The van der Waals surface area contributed by atoms with Crippen molar-refractivity contribution in [2.24, 2.45) is 0 Å². The van der Waals surface area contributed by atoms with Crippen LogP contribution in [0, 0.1) is 17.5 Å². The summed E-state index contributed by atoms with van der Waals surface area (Å²) in [5.41, 5.74) is 1.64. The van der Waals surface area contributed by atoms with Crippen LogP contribution in [0.4, 0.5) is 24.5 Å². The molecule has 0 bridgehead atoms. The standard InChI is InChI=1S/C35H33F3N4O4/c1-39(2)28-7-9-29(10-8-28)40-11-13-41(14-12-40)35(46)33(44)20-32(43)30-18-24(15-23-16-26(36)19-27(37)17-23)21-42(34(30)45)22-25-5-3-4-6-31(25)38/h3-10,16-19,21H,11-15,20,22H2,1-2H3. The van der Waals surface area contributed by atoms with Crippen LogP contribution >= 0.6 is 0 Å². The van der Waals surface area contributed by atoms with Gasteiger partial charge in [0, 0.05) is 69.5 Å². The number of aromatic nitrogens is 1. The number of halogens is 3. The second-order valence-corrected chi connectivity index (χ2v) is 11.5. The third-order valence-electron chi connectivity index (χ3n) is 7.93. The molecular formula is C35H33F3N4O4. The number of Topliss-reactive ketones (excluding diaryl/α,β-unsaturated/α-hetero) is 2. The molecule has 1 aliphatic rings. The molecule has 0 atom stereocenters. The molecule has 0 unspecified atom stereocenters. The van der Waals surface area contributed by atoms with E-state index in [2.05, 4.69) is 4.90 Å². The van der Waals surface area contributed by atoms with Gasteiger partial charge in [0.1, 0.15) is 17.5 Å². The van der Waals surface area contributed by atoms with Crippen LogP contribution in [0.3, 0.4) is 0 Å². The summed E-state index contributed by atoms with van der Waals surface area (Å²) < 4.78 is 43.3. The molecule has 1 saturated heterocycles. The fourth-order valence-electron chi connectivity index (χ4n) is 5.49. The van der Waals surface area contributed by atoms with Crippen LogP contribution in [0.1, 0.15) is 33.5 Å². The number of benzene rings is 3. The lowest BCUT2D eigenvalue weighted by Crippen LogP contribution is -2.51. The number of carbonyl (C=O) groups excluding carboxylic acids is 3. The van der Waals surface area contributed by atoms with Crippen LogP contribution in [0.25, 0.3) is 0 Å². The Hall–Kier alpha value is -5.19. The number of piperazine rings is 1. The average Bonchev–Trinajstić information content (AvgIpc) is 3.02. The third-order valence-corrected chi connectivity index (χ3v) is 7.93. The van der Waals surface area contributed by atoms with Crippen molar-refractivity contribution >= 4 is 28.8 Å². The van der Waals surface area contributed by atoms with Gasteiger partial charge in [-0.05, 0) is 66.1 Å². The maximum atomic E-state index is 14.4. The lowest BCUT2D eigenvalue weighted by Gasteiger charge is -2.36. The maximum absolute atomic E-state index is 14.4. The molecule has 238 valence electrons. The first-order valence-electron chi connectivity index (χ1n) is 14.8. The van der Waals surface area contributed by atoms with E-state index >= 15 is 0 Å². The molecule has 0 aliphatic carbocycles. The first-order valence-corrected chi connectivity index (χ1v) is 14.8. The molecule has 4 aromatic rings. The minimum absolute atomic E-state index is 0.0540. The van der Waals surface area contributed by atoms with Gasteiger partial charge >= 0.3 is 0 Å². The quantitative estimate of drug-likeness (QED) is 0.146. The van der Waals surface area contributed by atoms with E-state index in [-0.39, 0.29) is 42.7 Å². The predicted octanol–water partition coefficient (Wildman–Crippen LogP) is 4.46.